The van der Waals surface area contributed by atoms with Gasteiger partial charge >= 0.3 is 0 Å². The molecular weight excluding hydrogens is 318 g/mol. The Morgan fingerprint density at radius 3 is 2.40 bits per heavy atom. The minimum Gasteiger partial charge on any atom is -0.503 e. The van der Waals surface area contributed by atoms with Gasteiger partial charge in [0, 0.05) is 19.1 Å². The minimum absolute atomic E-state index is 0.176. The van der Waals surface area contributed by atoms with Crippen LogP contribution in [0.2, 0.25) is 0 Å². The lowest BCUT2D eigenvalue weighted by Crippen LogP contribution is -2.33. The summed E-state index contributed by atoms with van der Waals surface area (Å²) in [7, 11) is 0. The maximum absolute atomic E-state index is 9.96. The van der Waals surface area contributed by atoms with Crippen molar-refractivity contribution < 1.29 is 9.84 Å². The molecule has 0 spiro atoms. The lowest BCUT2D eigenvalue weighted by molar-refractivity contribution is 0.188. The molecule has 1 rings (SSSR count). The van der Waals surface area contributed by atoms with Crippen molar-refractivity contribution in [3.8, 4) is 11.5 Å². The molecule has 0 aliphatic rings. The van der Waals surface area contributed by atoms with Crippen LogP contribution in [0.3, 0.4) is 0 Å². The van der Waals surface area contributed by atoms with Gasteiger partial charge in [-0.3, -0.25) is 4.90 Å². The maximum atomic E-state index is 9.96. The molecule has 3 nitrogen and oxygen atoms in total. The number of nitrogens with zero attached hydrogens (tertiary/aromatic N) is 1. The van der Waals surface area contributed by atoms with Gasteiger partial charge < -0.3 is 9.84 Å². The first kappa shape index (κ1) is 17.3. The van der Waals surface area contributed by atoms with E-state index in [1.165, 1.54) is 0 Å². The number of hydrogen-bond acceptors (Lipinski definition) is 3. The maximum Gasteiger partial charge on any atom is 0.172 e. The zero-order valence-corrected chi connectivity index (χ0v) is 14.7. The zero-order valence-electron chi connectivity index (χ0n) is 13.1. The average molecular weight is 344 g/mol. The topological polar surface area (TPSA) is 32.7 Å². The summed E-state index contributed by atoms with van der Waals surface area (Å²) in [5.41, 5.74) is 1.15. The minimum atomic E-state index is 0.176. The van der Waals surface area contributed by atoms with Gasteiger partial charge in [0.25, 0.3) is 0 Å². The molecule has 20 heavy (non-hydrogen) atoms. The molecule has 0 heterocycles. The Balaban J connectivity index is 2.95. The van der Waals surface area contributed by atoms with Gasteiger partial charge in [0.1, 0.15) is 0 Å². The van der Waals surface area contributed by atoms with Crippen molar-refractivity contribution in [3.63, 3.8) is 0 Å². The predicted molar refractivity (Wildman–Crippen MR) is 87.4 cm³/mol. The van der Waals surface area contributed by atoms with Gasteiger partial charge in [-0.05, 0) is 60.3 Å². The summed E-state index contributed by atoms with van der Waals surface area (Å²) in [6.45, 7) is 13.3. The predicted octanol–water partition coefficient (Wildman–Crippen LogP) is 4.42. The van der Waals surface area contributed by atoms with E-state index in [1.54, 1.807) is 0 Å². The Kier molecular flexibility index (Phi) is 6.83. The molecule has 0 radical (unpaired) electrons. The van der Waals surface area contributed by atoms with E-state index in [4.69, 9.17) is 4.74 Å². The van der Waals surface area contributed by atoms with E-state index in [0.29, 0.717) is 28.8 Å². The second-order valence-electron chi connectivity index (χ2n) is 5.77. The first-order chi connectivity index (χ1) is 9.35. The fourth-order valence-electron chi connectivity index (χ4n) is 2.15. The Morgan fingerprint density at radius 1 is 1.25 bits per heavy atom. The third-order valence-corrected chi connectivity index (χ3v) is 3.71. The van der Waals surface area contributed by atoms with Crippen LogP contribution in [0.15, 0.2) is 16.6 Å². The van der Waals surface area contributed by atoms with Crippen molar-refractivity contribution in [2.45, 2.75) is 47.2 Å². The third kappa shape index (κ3) is 4.98. The highest BCUT2D eigenvalue weighted by molar-refractivity contribution is 9.10. The molecule has 0 atom stereocenters. The molecule has 0 aliphatic carbocycles. The molecular formula is C16H26BrNO2. The van der Waals surface area contributed by atoms with Crippen molar-refractivity contribution >= 4 is 15.9 Å². The Bertz CT molecular complexity index is 433. The van der Waals surface area contributed by atoms with Crippen LogP contribution in [0, 0.1) is 5.92 Å². The Morgan fingerprint density at radius 2 is 1.90 bits per heavy atom. The van der Waals surface area contributed by atoms with Gasteiger partial charge in [0.2, 0.25) is 0 Å². The van der Waals surface area contributed by atoms with E-state index in [9.17, 15) is 5.11 Å². The molecule has 0 unspecified atom stereocenters. The number of hydrogen-bond donors (Lipinski definition) is 1. The summed E-state index contributed by atoms with van der Waals surface area (Å²) in [6, 6.07) is 4.38. The second kappa shape index (κ2) is 7.89. The van der Waals surface area contributed by atoms with Crippen molar-refractivity contribution in [2.75, 3.05) is 13.2 Å². The highest BCUT2D eigenvalue weighted by Crippen LogP contribution is 2.36. The fourth-order valence-corrected chi connectivity index (χ4v) is 2.63. The quantitative estimate of drug-likeness (QED) is 0.795. The lowest BCUT2D eigenvalue weighted by Gasteiger charge is -2.28. The van der Waals surface area contributed by atoms with E-state index < -0.39 is 0 Å². The highest BCUT2D eigenvalue weighted by atomic mass is 79.9. The monoisotopic (exact) mass is 343 g/mol. The normalized spacial score (nSPS) is 11.7. The number of halogens is 1. The van der Waals surface area contributed by atoms with E-state index in [0.717, 1.165) is 18.7 Å². The van der Waals surface area contributed by atoms with Gasteiger partial charge in [-0.1, -0.05) is 13.8 Å². The van der Waals surface area contributed by atoms with Gasteiger partial charge in [-0.2, -0.15) is 0 Å². The summed E-state index contributed by atoms with van der Waals surface area (Å²) in [5.74, 6) is 1.35. The first-order valence-corrected chi connectivity index (χ1v) is 8.02. The molecule has 0 saturated carbocycles. The second-order valence-corrected chi connectivity index (χ2v) is 6.63. The summed E-state index contributed by atoms with van der Waals surface area (Å²) in [5, 5.41) is 9.96. The van der Waals surface area contributed by atoms with Gasteiger partial charge in [0.15, 0.2) is 11.5 Å². The van der Waals surface area contributed by atoms with Crippen LogP contribution in [-0.2, 0) is 6.54 Å². The summed E-state index contributed by atoms with van der Waals surface area (Å²) >= 11 is 3.40. The molecule has 0 aromatic heterocycles. The standard InChI is InChI=1S/C16H26BrNO2/c1-6-20-15-8-13(7-14(17)16(15)19)10-18(12(4)5)9-11(2)3/h7-8,11-12,19H,6,9-10H2,1-5H3. The SMILES string of the molecule is CCOc1cc(CN(CC(C)C)C(C)C)cc(Br)c1O. The van der Waals surface area contributed by atoms with Crippen LogP contribution >= 0.6 is 15.9 Å². The van der Waals surface area contributed by atoms with Crippen LogP contribution in [-0.4, -0.2) is 29.2 Å². The number of aromatic hydroxyl groups is 1. The van der Waals surface area contributed by atoms with E-state index >= 15 is 0 Å². The van der Waals surface area contributed by atoms with Gasteiger partial charge in [0.05, 0.1) is 11.1 Å². The van der Waals surface area contributed by atoms with E-state index in [2.05, 4.69) is 48.5 Å². The first-order valence-electron chi connectivity index (χ1n) is 7.23. The number of ether oxygens (including phenoxy) is 1. The van der Waals surface area contributed by atoms with Crippen molar-refractivity contribution in [2.24, 2.45) is 5.92 Å². The van der Waals surface area contributed by atoms with Crippen LogP contribution < -0.4 is 4.74 Å². The molecule has 0 amide bonds. The number of phenolic OH excluding ortho intramolecular Hbond substituents is 1. The fraction of sp³-hybridized carbons (Fsp3) is 0.625. The average Bonchev–Trinajstić information content (AvgIpc) is 2.34. The summed E-state index contributed by atoms with van der Waals surface area (Å²) < 4.78 is 6.17. The van der Waals surface area contributed by atoms with Crippen LogP contribution in [0.1, 0.15) is 40.2 Å². The molecule has 1 aromatic carbocycles. The Hall–Kier alpha value is -0.740. The largest absolute Gasteiger partial charge is 0.503 e. The molecule has 1 aromatic rings. The molecule has 0 fully saturated rings. The van der Waals surface area contributed by atoms with Crippen LogP contribution in [0.25, 0.3) is 0 Å². The summed E-state index contributed by atoms with van der Waals surface area (Å²) in [6.07, 6.45) is 0. The zero-order chi connectivity index (χ0) is 15.3. The number of phenols is 1. The summed E-state index contributed by atoms with van der Waals surface area (Å²) in [4.78, 5) is 2.43. The number of rotatable bonds is 7. The van der Waals surface area contributed by atoms with E-state index in [-0.39, 0.29) is 5.75 Å². The van der Waals surface area contributed by atoms with Crippen LogP contribution in [0.4, 0.5) is 0 Å². The van der Waals surface area contributed by atoms with Gasteiger partial charge in [-0.25, -0.2) is 0 Å². The van der Waals surface area contributed by atoms with Crippen molar-refractivity contribution in [1.29, 1.82) is 0 Å². The molecule has 0 bridgehead atoms. The molecule has 0 saturated heterocycles. The Labute approximate surface area is 131 Å². The van der Waals surface area contributed by atoms with Gasteiger partial charge in [-0.15, -0.1) is 0 Å². The number of benzene rings is 1. The molecule has 0 aliphatic heterocycles. The molecule has 4 heteroatoms. The lowest BCUT2D eigenvalue weighted by atomic mass is 10.1. The smallest absolute Gasteiger partial charge is 0.172 e. The highest BCUT2D eigenvalue weighted by Gasteiger charge is 2.15. The van der Waals surface area contributed by atoms with E-state index in [1.807, 2.05) is 19.1 Å². The van der Waals surface area contributed by atoms with Crippen molar-refractivity contribution in [1.82, 2.24) is 4.90 Å². The third-order valence-electron chi connectivity index (χ3n) is 3.10. The molecule has 114 valence electrons. The molecule has 1 N–H and O–H groups in total. The van der Waals surface area contributed by atoms with Crippen LogP contribution in [0.5, 0.6) is 11.5 Å². The van der Waals surface area contributed by atoms with Crippen molar-refractivity contribution in [3.05, 3.63) is 22.2 Å².